The third-order valence-corrected chi connectivity index (χ3v) is 7.88. The number of quaternary nitrogens is 1. The number of hydrogen-bond donors (Lipinski definition) is 2. The molecule has 0 rings (SSSR count). The molecule has 0 bridgehead atoms. The van der Waals surface area contributed by atoms with Crippen LogP contribution in [0.25, 0.3) is 0 Å². The Balaban J connectivity index is 4.61. The molecule has 0 aromatic carbocycles. The number of rotatable bonds is 28. The molecule has 3 atom stereocenters. The molecule has 0 spiro atoms. The van der Waals surface area contributed by atoms with Crippen LogP contribution in [0.4, 0.5) is 0 Å². The fourth-order valence-corrected chi connectivity index (χ4v) is 4.95. The Labute approximate surface area is 252 Å². The van der Waals surface area contributed by atoms with Crippen LogP contribution in [-0.4, -0.2) is 68.5 Å². The highest BCUT2D eigenvalue weighted by Crippen LogP contribution is 2.38. The van der Waals surface area contributed by atoms with Gasteiger partial charge < -0.3 is 28.8 Å². The quantitative estimate of drug-likeness (QED) is 0.0440. The summed E-state index contributed by atoms with van der Waals surface area (Å²) in [5.74, 6) is -0.224. The predicted octanol–water partition coefficient (Wildman–Crippen LogP) is 6.82. The molecule has 242 valence electrons. The largest absolute Gasteiger partial charge is 0.756 e. The monoisotopic (exact) mass is 602 g/mol. The smallest absolute Gasteiger partial charge is 0.268 e. The van der Waals surface area contributed by atoms with Crippen molar-refractivity contribution in [1.82, 2.24) is 5.32 Å². The number of aliphatic hydroxyl groups is 1. The number of unbranched alkanes of at least 4 members (excludes halogenated alkanes) is 13. The van der Waals surface area contributed by atoms with Crippen LogP contribution in [0, 0.1) is 0 Å². The van der Waals surface area contributed by atoms with E-state index in [1.807, 2.05) is 27.2 Å². The van der Waals surface area contributed by atoms with E-state index < -0.39 is 26.6 Å². The van der Waals surface area contributed by atoms with Crippen molar-refractivity contribution in [2.75, 3.05) is 40.9 Å². The van der Waals surface area contributed by atoms with Gasteiger partial charge in [-0.15, -0.1) is 0 Å². The summed E-state index contributed by atoms with van der Waals surface area (Å²) in [7, 11) is 1.24. The molecule has 9 heteroatoms. The maximum Gasteiger partial charge on any atom is 0.268 e. The summed E-state index contributed by atoms with van der Waals surface area (Å²) in [5, 5.41) is 13.5. The molecule has 0 aromatic heterocycles. The van der Waals surface area contributed by atoms with Crippen LogP contribution in [0.15, 0.2) is 24.3 Å². The first-order valence-corrected chi connectivity index (χ1v) is 17.7. The van der Waals surface area contributed by atoms with Crippen molar-refractivity contribution in [3.63, 3.8) is 0 Å². The van der Waals surface area contributed by atoms with Crippen molar-refractivity contribution in [3.05, 3.63) is 24.3 Å². The second-order valence-electron chi connectivity index (χ2n) is 12.2. The molecule has 0 aliphatic rings. The molecule has 0 fully saturated rings. The average molecular weight is 603 g/mol. The van der Waals surface area contributed by atoms with Crippen LogP contribution in [0.1, 0.15) is 123 Å². The van der Waals surface area contributed by atoms with E-state index in [-0.39, 0.29) is 12.5 Å². The van der Waals surface area contributed by atoms with Crippen LogP contribution in [0.2, 0.25) is 0 Å². The Morgan fingerprint density at radius 3 is 1.98 bits per heavy atom. The first-order valence-electron chi connectivity index (χ1n) is 16.2. The number of aliphatic hydroxyl groups excluding tert-OH is 1. The Morgan fingerprint density at radius 2 is 1.37 bits per heavy atom. The fraction of sp³-hybridized carbons (Fsp3) is 0.844. The van der Waals surface area contributed by atoms with Gasteiger partial charge in [-0.1, -0.05) is 109 Å². The summed E-state index contributed by atoms with van der Waals surface area (Å²) in [6.45, 7) is 4.48. The molecule has 1 amide bonds. The van der Waals surface area contributed by atoms with E-state index in [4.69, 9.17) is 9.05 Å². The zero-order valence-corrected chi connectivity index (χ0v) is 27.9. The van der Waals surface area contributed by atoms with Gasteiger partial charge in [-0.25, -0.2) is 0 Å². The van der Waals surface area contributed by atoms with Gasteiger partial charge in [-0.3, -0.25) is 9.36 Å². The number of likely N-dealkylation sites (N-methyl/N-ethyl adjacent to an activating group) is 1. The molecule has 0 aliphatic carbocycles. The van der Waals surface area contributed by atoms with Crippen LogP contribution in [0.5, 0.6) is 0 Å². The number of nitrogens with zero attached hydrogens (tertiary/aromatic N) is 1. The van der Waals surface area contributed by atoms with E-state index in [2.05, 4.69) is 31.3 Å². The van der Waals surface area contributed by atoms with Gasteiger partial charge >= 0.3 is 0 Å². The van der Waals surface area contributed by atoms with Crippen molar-refractivity contribution in [2.45, 2.75) is 135 Å². The second-order valence-corrected chi connectivity index (χ2v) is 13.6. The molecule has 3 unspecified atom stereocenters. The van der Waals surface area contributed by atoms with Crippen molar-refractivity contribution in [2.24, 2.45) is 0 Å². The molecule has 0 aliphatic heterocycles. The highest BCUT2D eigenvalue weighted by molar-refractivity contribution is 7.45. The van der Waals surface area contributed by atoms with Crippen LogP contribution >= 0.6 is 7.82 Å². The normalized spacial score (nSPS) is 15.4. The zero-order valence-electron chi connectivity index (χ0n) is 27.0. The first-order chi connectivity index (χ1) is 19.5. The SMILES string of the molecule is CCCCCCCCCC/C=C/CC/C=C/C(O)C(COP(=O)([O-])OCC[N+](C)(C)C)NC(=O)CCCCCCC. The van der Waals surface area contributed by atoms with Gasteiger partial charge in [0.15, 0.2) is 0 Å². The Kier molecular flexibility index (Phi) is 24.8. The van der Waals surface area contributed by atoms with E-state index in [1.165, 1.54) is 51.4 Å². The minimum atomic E-state index is -4.57. The molecular formula is C32H63N2O6P. The number of phosphoric ester groups is 1. The number of carbonyl (C=O) groups is 1. The van der Waals surface area contributed by atoms with Crippen LogP contribution < -0.4 is 10.2 Å². The lowest BCUT2D eigenvalue weighted by atomic mass is 10.1. The highest BCUT2D eigenvalue weighted by atomic mass is 31.2. The summed E-state index contributed by atoms with van der Waals surface area (Å²) in [5.41, 5.74) is 0. The molecule has 0 radical (unpaired) electrons. The molecule has 2 N–H and O–H groups in total. The molecule has 0 saturated heterocycles. The minimum absolute atomic E-state index is 0.00587. The number of carbonyl (C=O) groups excluding carboxylic acids is 1. The maximum absolute atomic E-state index is 12.5. The highest BCUT2D eigenvalue weighted by Gasteiger charge is 2.23. The topological polar surface area (TPSA) is 108 Å². The van der Waals surface area contributed by atoms with Crippen LogP contribution in [-0.2, 0) is 18.4 Å². The van der Waals surface area contributed by atoms with Crippen molar-refractivity contribution in [1.29, 1.82) is 0 Å². The van der Waals surface area contributed by atoms with E-state index in [0.717, 1.165) is 51.4 Å². The molecule has 0 aromatic rings. The van der Waals surface area contributed by atoms with Gasteiger partial charge in [0, 0.05) is 6.42 Å². The van der Waals surface area contributed by atoms with Gasteiger partial charge in [0.25, 0.3) is 7.82 Å². The van der Waals surface area contributed by atoms with E-state index in [0.29, 0.717) is 17.4 Å². The molecule has 0 saturated carbocycles. The summed E-state index contributed by atoms with van der Waals surface area (Å²) in [6, 6.07) is -0.892. The minimum Gasteiger partial charge on any atom is -0.756 e. The number of allylic oxidation sites excluding steroid dienone is 3. The Morgan fingerprint density at radius 1 is 0.829 bits per heavy atom. The van der Waals surface area contributed by atoms with Crippen molar-refractivity contribution >= 4 is 13.7 Å². The summed E-state index contributed by atoms with van der Waals surface area (Å²) >= 11 is 0. The lowest BCUT2D eigenvalue weighted by molar-refractivity contribution is -0.870. The number of amides is 1. The number of phosphoric acid groups is 1. The molecule has 8 nitrogen and oxygen atoms in total. The van der Waals surface area contributed by atoms with E-state index >= 15 is 0 Å². The standard InChI is InChI=1S/C32H63N2O6P/c1-6-8-10-12-13-14-15-16-17-18-19-20-22-23-25-31(35)30(33-32(36)26-24-21-11-9-7-2)29-40-41(37,38)39-28-27-34(3,4)5/h18-19,23,25,30-31,35H,6-17,20-22,24,26-29H2,1-5H3,(H-,33,36,37,38)/b19-18+,25-23+. The van der Waals surface area contributed by atoms with Gasteiger partial charge in [0.2, 0.25) is 5.91 Å². The first kappa shape index (κ1) is 40.0. The summed E-state index contributed by atoms with van der Waals surface area (Å²) in [6.07, 6.45) is 25.4. The summed E-state index contributed by atoms with van der Waals surface area (Å²) < 4.78 is 22.8. The molecular weight excluding hydrogens is 539 g/mol. The van der Waals surface area contributed by atoms with Gasteiger partial charge in [-0.05, 0) is 32.1 Å². The van der Waals surface area contributed by atoms with Gasteiger partial charge in [0.1, 0.15) is 13.2 Å². The van der Waals surface area contributed by atoms with E-state index in [1.54, 1.807) is 6.08 Å². The van der Waals surface area contributed by atoms with Crippen LogP contribution in [0.3, 0.4) is 0 Å². The fourth-order valence-electron chi connectivity index (χ4n) is 4.22. The lowest BCUT2D eigenvalue weighted by Crippen LogP contribution is -2.45. The van der Waals surface area contributed by atoms with Crippen molar-refractivity contribution in [3.8, 4) is 0 Å². The van der Waals surface area contributed by atoms with E-state index in [9.17, 15) is 19.4 Å². The average Bonchev–Trinajstić information content (AvgIpc) is 2.90. The van der Waals surface area contributed by atoms with Gasteiger partial charge in [0.05, 0.1) is 39.9 Å². The van der Waals surface area contributed by atoms with Crippen molar-refractivity contribution < 1.29 is 32.9 Å². The third kappa shape index (κ3) is 27.6. The number of hydrogen-bond acceptors (Lipinski definition) is 6. The zero-order chi connectivity index (χ0) is 30.8. The number of nitrogens with one attached hydrogen (secondary N) is 1. The Bertz CT molecular complexity index is 738. The Hall–Kier alpha value is -1.02. The lowest BCUT2D eigenvalue weighted by Gasteiger charge is -2.29. The predicted molar refractivity (Wildman–Crippen MR) is 168 cm³/mol. The third-order valence-electron chi connectivity index (χ3n) is 6.91. The van der Waals surface area contributed by atoms with Gasteiger partial charge in [-0.2, -0.15) is 0 Å². The summed E-state index contributed by atoms with van der Waals surface area (Å²) in [4.78, 5) is 24.8. The second kappa shape index (κ2) is 25.5. The molecule has 0 heterocycles. The molecule has 41 heavy (non-hydrogen) atoms. The maximum atomic E-state index is 12.5.